The van der Waals surface area contributed by atoms with Crippen LogP contribution in [-0.4, -0.2) is 53.1 Å². The van der Waals surface area contributed by atoms with E-state index >= 15 is 0 Å². The minimum absolute atomic E-state index is 0.0114. The molecule has 0 aromatic heterocycles. The number of rotatable bonds is 4. The van der Waals surface area contributed by atoms with Gasteiger partial charge in [-0.2, -0.15) is 0 Å². The van der Waals surface area contributed by atoms with Crippen molar-refractivity contribution >= 4 is 5.91 Å². The van der Waals surface area contributed by atoms with Crippen molar-refractivity contribution < 1.29 is 19.7 Å². The number of nitrogens with two attached hydrogens (primary N) is 1. The summed E-state index contributed by atoms with van der Waals surface area (Å²) >= 11 is 0. The van der Waals surface area contributed by atoms with Crippen LogP contribution in [0, 0.1) is 50.7 Å². The molecule has 0 bridgehead atoms. The molecule has 1 amide bonds. The van der Waals surface area contributed by atoms with Crippen molar-refractivity contribution in [3.63, 3.8) is 0 Å². The average molecular weight is 503 g/mol. The number of aliphatic hydroxyl groups excluding tert-OH is 2. The minimum atomic E-state index is -0.468. The molecule has 5 N–H and O–H groups in total. The van der Waals surface area contributed by atoms with Crippen LogP contribution in [0.4, 0.5) is 0 Å². The highest BCUT2D eigenvalue weighted by atomic mass is 16.5. The van der Waals surface area contributed by atoms with E-state index in [1.807, 2.05) is 0 Å². The van der Waals surface area contributed by atoms with Crippen LogP contribution in [0.2, 0.25) is 0 Å². The fraction of sp³-hybridized carbons (Fsp3) is 0.967. The first kappa shape index (κ1) is 25.6. The molecule has 6 aliphatic rings. The summed E-state index contributed by atoms with van der Waals surface area (Å²) in [6.07, 6.45) is 8.31. The first-order valence-electron chi connectivity index (χ1n) is 14.8. The maximum atomic E-state index is 12.2. The van der Waals surface area contributed by atoms with Gasteiger partial charge in [-0.25, -0.2) is 0 Å². The van der Waals surface area contributed by atoms with E-state index in [2.05, 4.69) is 39.9 Å². The lowest BCUT2D eigenvalue weighted by Crippen LogP contribution is -2.59. The summed E-state index contributed by atoms with van der Waals surface area (Å²) in [6.45, 7) is 14.3. The summed E-state index contributed by atoms with van der Waals surface area (Å²) in [7, 11) is 0. The van der Waals surface area contributed by atoms with E-state index in [0.29, 0.717) is 41.0 Å². The zero-order valence-corrected chi connectivity index (χ0v) is 23.3. The molecule has 5 saturated carbocycles. The molecule has 36 heavy (non-hydrogen) atoms. The molecular formula is C30H50N2O4. The first-order chi connectivity index (χ1) is 16.8. The number of carbonyl (C=O) groups excluding carboxylic acids is 1. The van der Waals surface area contributed by atoms with Gasteiger partial charge in [0.05, 0.1) is 30.5 Å². The van der Waals surface area contributed by atoms with Gasteiger partial charge >= 0.3 is 0 Å². The monoisotopic (exact) mass is 502 g/mol. The first-order valence-corrected chi connectivity index (χ1v) is 14.8. The molecule has 1 heterocycles. The Morgan fingerprint density at radius 2 is 1.72 bits per heavy atom. The third-order valence-corrected chi connectivity index (χ3v) is 13.9. The van der Waals surface area contributed by atoms with Crippen LogP contribution in [0.1, 0.15) is 92.9 Å². The Morgan fingerprint density at radius 3 is 2.42 bits per heavy atom. The lowest BCUT2D eigenvalue weighted by molar-refractivity contribution is -0.182. The number of hydrogen-bond acceptors (Lipinski definition) is 5. The summed E-state index contributed by atoms with van der Waals surface area (Å²) in [5, 5.41) is 26.3. The Kier molecular flexibility index (Phi) is 5.47. The topological polar surface area (TPSA) is 105 Å². The molecule has 0 radical (unpaired) electrons. The zero-order chi connectivity index (χ0) is 26.1. The third-order valence-electron chi connectivity index (χ3n) is 13.9. The van der Waals surface area contributed by atoms with E-state index in [-0.39, 0.29) is 46.5 Å². The molecule has 6 nitrogen and oxygen atoms in total. The van der Waals surface area contributed by atoms with Gasteiger partial charge in [-0.1, -0.05) is 34.6 Å². The van der Waals surface area contributed by atoms with E-state index in [1.54, 1.807) is 6.92 Å². The van der Waals surface area contributed by atoms with Crippen LogP contribution >= 0.6 is 0 Å². The van der Waals surface area contributed by atoms with E-state index in [0.717, 1.165) is 19.3 Å². The van der Waals surface area contributed by atoms with Crippen molar-refractivity contribution in [2.24, 2.45) is 56.5 Å². The molecule has 2 spiro atoms. The Balaban J connectivity index is 1.30. The summed E-state index contributed by atoms with van der Waals surface area (Å²) < 4.78 is 6.73. The van der Waals surface area contributed by atoms with Gasteiger partial charge in [0.25, 0.3) is 0 Å². The summed E-state index contributed by atoms with van der Waals surface area (Å²) in [6, 6.07) is -0.382. The fourth-order valence-corrected chi connectivity index (χ4v) is 11.9. The second-order valence-electron chi connectivity index (χ2n) is 15.2. The van der Waals surface area contributed by atoms with E-state index in [9.17, 15) is 15.0 Å². The van der Waals surface area contributed by atoms with Crippen LogP contribution in [0.5, 0.6) is 0 Å². The third kappa shape index (κ3) is 2.86. The maximum Gasteiger partial charge on any atom is 0.234 e. The average Bonchev–Trinajstić information content (AvgIpc) is 3.45. The van der Waals surface area contributed by atoms with Crippen LogP contribution in [0.15, 0.2) is 0 Å². The summed E-state index contributed by atoms with van der Waals surface area (Å²) in [4.78, 5) is 11.5. The molecule has 6 fully saturated rings. The number of aliphatic hydroxyl groups is 2. The molecule has 7 unspecified atom stereocenters. The number of amides is 1. The van der Waals surface area contributed by atoms with Crippen LogP contribution in [0.3, 0.4) is 0 Å². The maximum absolute atomic E-state index is 12.2. The normalized spacial score (nSPS) is 57.4. The highest BCUT2D eigenvalue weighted by Crippen LogP contribution is 2.89. The Labute approximate surface area is 217 Å². The Hall–Kier alpha value is -0.690. The standard InChI is InChI=1S/C30H50N2O4/c1-16-13-18(14-32-17(2)25(31)35)36-23-22(16)27(5)11-12-30-15-29(30)10-9-21(33)26(3,4)19(29)7-8-20(30)28(27,6)24(23)34/h16-24,32-34H,7-15H2,1-6H3,(H2,31,35)/t16-,17+,18?,19+,20?,21?,22+,23?,24+,27?,28-,29?,30?/m1/s1. The van der Waals surface area contributed by atoms with Crippen LogP contribution < -0.4 is 11.1 Å². The van der Waals surface area contributed by atoms with Gasteiger partial charge in [-0.15, -0.1) is 0 Å². The number of carbonyl (C=O) groups is 1. The van der Waals surface area contributed by atoms with Gasteiger partial charge in [-0.3, -0.25) is 4.79 Å². The summed E-state index contributed by atoms with van der Waals surface area (Å²) in [5.74, 6) is 1.59. The number of primary amides is 1. The van der Waals surface area contributed by atoms with Gasteiger partial charge < -0.3 is 26.0 Å². The van der Waals surface area contributed by atoms with Crippen molar-refractivity contribution in [3.8, 4) is 0 Å². The molecule has 1 aliphatic heterocycles. The van der Waals surface area contributed by atoms with E-state index in [4.69, 9.17) is 10.5 Å². The summed E-state index contributed by atoms with van der Waals surface area (Å²) in [5.41, 5.74) is 6.03. The molecule has 6 heteroatoms. The van der Waals surface area contributed by atoms with Crippen LogP contribution in [-0.2, 0) is 9.53 Å². The number of nitrogens with one attached hydrogen (secondary N) is 1. The van der Waals surface area contributed by atoms with Gasteiger partial charge in [0.2, 0.25) is 5.91 Å². The molecule has 13 atom stereocenters. The molecule has 0 aromatic carbocycles. The molecule has 5 aliphatic carbocycles. The molecule has 1 saturated heterocycles. The minimum Gasteiger partial charge on any atom is -0.393 e. The van der Waals surface area contributed by atoms with Gasteiger partial charge in [0, 0.05) is 12.0 Å². The lowest BCUT2D eigenvalue weighted by atomic mass is 9.41. The smallest absolute Gasteiger partial charge is 0.234 e. The Bertz CT molecular complexity index is 940. The van der Waals surface area contributed by atoms with Crippen LogP contribution in [0.25, 0.3) is 0 Å². The number of ether oxygens (including phenoxy) is 1. The highest BCUT2D eigenvalue weighted by Gasteiger charge is 2.84. The molecular weight excluding hydrogens is 452 g/mol. The van der Waals surface area contributed by atoms with Gasteiger partial charge in [0.1, 0.15) is 0 Å². The number of fused-ring (bicyclic) bond motifs is 4. The van der Waals surface area contributed by atoms with Gasteiger partial charge in [-0.05, 0) is 104 Å². The van der Waals surface area contributed by atoms with Gasteiger partial charge in [0.15, 0.2) is 0 Å². The fourth-order valence-electron chi connectivity index (χ4n) is 11.9. The lowest BCUT2D eigenvalue weighted by Gasteiger charge is -2.63. The van der Waals surface area contributed by atoms with E-state index < -0.39 is 6.10 Å². The molecule has 6 rings (SSSR count). The second-order valence-corrected chi connectivity index (χ2v) is 15.2. The van der Waals surface area contributed by atoms with Crippen molar-refractivity contribution in [2.45, 2.75) is 123 Å². The largest absolute Gasteiger partial charge is 0.393 e. The second kappa shape index (κ2) is 7.70. The number of hydrogen-bond donors (Lipinski definition) is 4. The highest BCUT2D eigenvalue weighted by molar-refractivity contribution is 5.79. The van der Waals surface area contributed by atoms with Crippen molar-refractivity contribution in [3.05, 3.63) is 0 Å². The SMILES string of the molecule is C[C@H](NCC1C[C@@H](C)[C@H]2C(O1)[C@H](O)[C@@]1(C)C3CC[C@H]4C(C)(C)C(O)CCC45CC35CCC21C)C(N)=O. The Morgan fingerprint density at radius 1 is 1.06 bits per heavy atom. The molecule has 204 valence electrons. The van der Waals surface area contributed by atoms with Crippen molar-refractivity contribution in [1.29, 1.82) is 0 Å². The van der Waals surface area contributed by atoms with Crippen molar-refractivity contribution in [2.75, 3.05) is 6.54 Å². The predicted molar refractivity (Wildman–Crippen MR) is 139 cm³/mol. The molecule has 0 aromatic rings. The quantitative estimate of drug-likeness (QED) is 0.470. The predicted octanol–water partition coefficient (Wildman–Crippen LogP) is 3.62. The van der Waals surface area contributed by atoms with E-state index in [1.165, 1.54) is 32.1 Å². The van der Waals surface area contributed by atoms with Crippen molar-refractivity contribution in [1.82, 2.24) is 5.32 Å². The zero-order valence-electron chi connectivity index (χ0n) is 23.3.